The molecule has 0 spiro atoms. The van der Waals surface area contributed by atoms with E-state index in [1.807, 2.05) is 49.0 Å². The van der Waals surface area contributed by atoms with Crippen molar-refractivity contribution in [3.8, 4) is 33.5 Å². The first-order chi connectivity index (χ1) is 16.0. The molecule has 162 valence electrons. The zero-order chi connectivity index (χ0) is 22.7. The van der Waals surface area contributed by atoms with Crippen LogP contribution in [0.4, 0.5) is 0 Å². The van der Waals surface area contributed by atoms with Crippen molar-refractivity contribution in [3.05, 3.63) is 53.6 Å². The number of nitrogens with one attached hydrogen (secondary N) is 2. The van der Waals surface area contributed by atoms with Gasteiger partial charge in [0.05, 0.1) is 44.6 Å². The quantitative estimate of drug-likeness (QED) is 0.378. The van der Waals surface area contributed by atoms with Crippen LogP contribution in [0, 0.1) is 6.92 Å². The molecule has 10 heteroatoms. The van der Waals surface area contributed by atoms with Crippen LogP contribution in [0.5, 0.6) is 0 Å². The van der Waals surface area contributed by atoms with Gasteiger partial charge in [-0.15, -0.1) is 11.3 Å². The fourth-order valence-corrected chi connectivity index (χ4v) is 4.76. The molecule has 0 amide bonds. The molecule has 0 aromatic carbocycles. The number of nitrogens with zero attached hydrogens (tertiary/aromatic N) is 6. The van der Waals surface area contributed by atoms with Crippen LogP contribution in [0.1, 0.15) is 22.4 Å². The lowest BCUT2D eigenvalue weighted by atomic mass is 10.2. The number of aryl methyl sites for hydroxylation is 1. The van der Waals surface area contributed by atoms with E-state index in [0.717, 1.165) is 49.7 Å². The minimum atomic E-state index is 0.0390. The van der Waals surface area contributed by atoms with Crippen molar-refractivity contribution in [3.63, 3.8) is 0 Å². The highest BCUT2D eigenvalue weighted by atomic mass is 32.1. The molecule has 6 rings (SSSR count). The van der Waals surface area contributed by atoms with Crippen molar-refractivity contribution < 1.29 is 4.79 Å². The van der Waals surface area contributed by atoms with Crippen LogP contribution in [0.15, 0.2) is 42.9 Å². The Balaban J connectivity index is 1.49. The summed E-state index contributed by atoms with van der Waals surface area (Å²) in [5.41, 5.74) is 5.57. The maximum atomic E-state index is 11.7. The van der Waals surface area contributed by atoms with Crippen molar-refractivity contribution in [2.45, 2.75) is 13.8 Å². The Hall–Kier alpha value is -4.18. The summed E-state index contributed by atoms with van der Waals surface area (Å²) >= 11 is 1.42. The van der Waals surface area contributed by atoms with Gasteiger partial charge in [-0.2, -0.15) is 5.10 Å². The Bertz CT molecular complexity index is 1690. The van der Waals surface area contributed by atoms with E-state index in [0.29, 0.717) is 16.4 Å². The summed E-state index contributed by atoms with van der Waals surface area (Å²) in [5.74, 6) is 1.59. The number of thiophene rings is 1. The van der Waals surface area contributed by atoms with Gasteiger partial charge < -0.3 is 9.55 Å². The first-order valence-corrected chi connectivity index (χ1v) is 11.1. The van der Waals surface area contributed by atoms with Crippen LogP contribution in [0.25, 0.3) is 55.4 Å². The summed E-state index contributed by atoms with van der Waals surface area (Å²) in [5, 5.41) is 8.46. The van der Waals surface area contributed by atoms with E-state index in [1.165, 1.54) is 11.3 Å². The summed E-state index contributed by atoms with van der Waals surface area (Å²) in [6.07, 6.45) is 5.33. The molecule has 6 heterocycles. The molecule has 6 aromatic heterocycles. The van der Waals surface area contributed by atoms with E-state index in [2.05, 4.69) is 30.1 Å². The lowest BCUT2D eigenvalue weighted by Crippen LogP contribution is -1.95. The Morgan fingerprint density at radius 2 is 1.94 bits per heavy atom. The highest BCUT2D eigenvalue weighted by Gasteiger charge is 2.18. The van der Waals surface area contributed by atoms with Gasteiger partial charge in [0.2, 0.25) is 0 Å². The number of carbonyl (C=O) groups is 1. The fourth-order valence-electron chi connectivity index (χ4n) is 3.86. The molecule has 0 saturated carbocycles. The number of rotatable bonds is 4. The van der Waals surface area contributed by atoms with Gasteiger partial charge in [-0.3, -0.25) is 19.9 Å². The summed E-state index contributed by atoms with van der Waals surface area (Å²) < 4.78 is 2.00. The number of aromatic amines is 2. The van der Waals surface area contributed by atoms with Crippen LogP contribution < -0.4 is 0 Å². The summed E-state index contributed by atoms with van der Waals surface area (Å²) in [7, 11) is 1.97. The number of imidazole rings is 2. The predicted octanol–water partition coefficient (Wildman–Crippen LogP) is 4.54. The van der Waals surface area contributed by atoms with Gasteiger partial charge in [0.25, 0.3) is 0 Å². The number of hydrogen-bond donors (Lipinski definition) is 2. The Morgan fingerprint density at radius 3 is 2.70 bits per heavy atom. The largest absolute Gasteiger partial charge is 0.336 e. The van der Waals surface area contributed by atoms with Crippen LogP contribution in [0.2, 0.25) is 0 Å². The molecule has 0 saturated heterocycles. The molecule has 0 radical (unpaired) electrons. The molecular weight excluding hydrogens is 436 g/mol. The lowest BCUT2D eigenvalue weighted by Gasteiger charge is -2.03. The van der Waals surface area contributed by atoms with Gasteiger partial charge in [-0.1, -0.05) is 0 Å². The zero-order valence-electron chi connectivity index (χ0n) is 18.0. The van der Waals surface area contributed by atoms with E-state index in [1.54, 1.807) is 19.3 Å². The lowest BCUT2D eigenvalue weighted by molar-refractivity contribution is 0.102. The van der Waals surface area contributed by atoms with Crippen molar-refractivity contribution in [2.75, 3.05) is 0 Å². The maximum Gasteiger partial charge on any atom is 0.169 e. The van der Waals surface area contributed by atoms with E-state index in [4.69, 9.17) is 4.98 Å². The molecule has 33 heavy (non-hydrogen) atoms. The minimum Gasteiger partial charge on any atom is -0.336 e. The molecule has 0 atom stereocenters. The second-order valence-electron chi connectivity index (χ2n) is 7.80. The molecule has 9 nitrogen and oxygen atoms in total. The van der Waals surface area contributed by atoms with Gasteiger partial charge in [0.15, 0.2) is 11.6 Å². The summed E-state index contributed by atoms with van der Waals surface area (Å²) in [4.78, 5) is 35.0. The smallest absolute Gasteiger partial charge is 0.169 e. The first kappa shape index (κ1) is 19.5. The third-order valence-electron chi connectivity index (χ3n) is 5.74. The van der Waals surface area contributed by atoms with Crippen molar-refractivity contribution in [1.82, 2.24) is 39.7 Å². The van der Waals surface area contributed by atoms with Crippen LogP contribution in [0.3, 0.4) is 0 Å². The van der Waals surface area contributed by atoms with Gasteiger partial charge in [0.1, 0.15) is 22.7 Å². The van der Waals surface area contributed by atoms with E-state index in [-0.39, 0.29) is 5.78 Å². The standard InChI is InChI=1S/C23H18N8OS/c1-11(32)18-4-5-19(33-18)22-21-14(6-7-24-22)27-23(28-21)20-13-8-15(26-9-16(13)29-30-20)17-10-25-12(2)31(17)3/h4-10H,1-3H3,(H,27,28)(H,29,30). The first-order valence-electron chi connectivity index (χ1n) is 10.3. The van der Waals surface area contributed by atoms with Crippen molar-refractivity contribution in [1.29, 1.82) is 0 Å². The van der Waals surface area contributed by atoms with Crippen LogP contribution >= 0.6 is 11.3 Å². The molecule has 0 fully saturated rings. The Kier molecular flexibility index (Phi) is 4.24. The van der Waals surface area contributed by atoms with Crippen LogP contribution in [-0.4, -0.2) is 45.5 Å². The topological polar surface area (TPSA) is 118 Å². The number of ketones is 1. The van der Waals surface area contributed by atoms with E-state index in [9.17, 15) is 4.79 Å². The average molecular weight is 455 g/mol. The highest BCUT2D eigenvalue weighted by molar-refractivity contribution is 7.17. The molecule has 0 bridgehead atoms. The van der Waals surface area contributed by atoms with E-state index >= 15 is 0 Å². The third-order valence-corrected chi connectivity index (χ3v) is 6.93. The maximum absolute atomic E-state index is 11.7. The van der Waals surface area contributed by atoms with Crippen molar-refractivity contribution in [2.24, 2.45) is 7.05 Å². The second-order valence-corrected chi connectivity index (χ2v) is 8.88. The molecule has 6 aromatic rings. The Morgan fingerprint density at radius 1 is 1.06 bits per heavy atom. The Labute approximate surface area is 191 Å². The van der Waals surface area contributed by atoms with Gasteiger partial charge >= 0.3 is 0 Å². The third kappa shape index (κ3) is 3.06. The normalized spacial score (nSPS) is 11.6. The number of fused-ring (bicyclic) bond motifs is 2. The number of hydrogen-bond acceptors (Lipinski definition) is 7. The number of carbonyl (C=O) groups excluding carboxylic acids is 1. The van der Waals surface area contributed by atoms with E-state index < -0.39 is 0 Å². The van der Waals surface area contributed by atoms with Gasteiger partial charge in [-0.25, -0.2) is 9.97 Å². The number of Topliss-reactive ketones (excluding diaryl/α,β-unsaturated/α-hetero) is 1. The predicted molar refractivity (Wildman–Crippen MR) is 127 cm³/mol. The monoisotopic (exact) mass is 454 g/mol. The van der Waals surface area contributed by atoms with Gasteiger partial charge in [0, 0.05) is 18.6 Å². The summed E-state index contributed by atoms with van der Waals surface area (Å²) in [6.45, 7) is 3.52. The van der Waals surface area contributed by atoms with Gasteiger partial charge in [-0.05, 0) is 38.1 Å². The summed E-state index contributed by atoms with van der Waals surface area (Å²) in [6, 6.07) is 7.62. The average Bonchev–Trinajstić information content (AvgIpc) is 3.59. The molecule has 2 N–H and O–H groups in total. The molecule has 0 aliphatic carbocycles. The second kappa shape index (κ2) is 7.17. The highest BCUT2D eigenvalue weighted by Crippen LogP contribution is 2.34. The molecular formula is C23H18N8OS. The molecule has 0 aliphatic rings. The number of aromatic nitrogens is 8. The number of pyridine rings is 2. The molecule has 0 unspecified atom stereocenters. The zero-order valence-corrected chi connectivity index (χ0v) is 18.9. The minimum absolute atomic E-state index is 0.0390. The van der Waals surface area contributed by atoms with Crippen LogP contribution in [-0.2, 0) is 7.05 Å². The van der Waals surface area contributed by atoms with Crippen molar-refractivity contribution >= 4 is 39.1 Å². The number of H-pyrrole nitrogens is 2. The SMILES string of the molecule is CC(=O)c1ccc(-c2nccc3[nH]c(-c4n[nH]c5cnc(-c6cnc(C)n6C)cc45)nc23)s1. The molecule has 0 aliphatic heterocycles. The fraction of sp³-hybridized carbons (Fsp3) is 0.130.